The van der Waals surface area contributed by atoms with Crippen molar-refractivity contribution in [1.29, 1.82) is 0 Å². The summed E-state index contributed by atoms with van der Waals surface area (Å²) < 4.78 is 5.40. The molecule has 2 fully saturated rings. The van der Waals surface area contributed by atoms with Crippen LogP contribution in [0.4, 0.5) is 5.69 Å². The molecule has 0 bridgehead atoms. The zero-order valence-corrected chi connectivity index (χ0v) is 15.6. The lowest BCUT2D eigenvalue weighted by molar-refractivity contribution is -0.132. The van der Waals surface area contributed by atoms with Gasteiger partial charge in [0.2, 0.25) is 11.7 Å². The van der Waals surface area contributed by atoms with E-state index in [4.69, 9.17) is 4.74 Å². The van der Waals surface area contributed by atoms with Gasteiger partial charge in [0.25, 0.3) is 0 Å². The average Bonchev–Trinajstić information content (AvgIpc) is 3.00. The lowest BCUT2D eigenvalue weighted by Crippen LogP contribution is -2.36. The van der Waals surface area contributed by atoms with Gasteiger partial charge in [-0.3, -0.25) is 4.79 Å². The van der Waals surface area contributed by atoms with E-state index in [1.807, 2.05) is 17.0 Å². The highest BCUT2D eigenvalue weighted by Gasteiger charge is 2.18. The molecule has 3 heterocycles. The fourth-order valence-corrected chi connectivity index (χ4v) is 3.61. The van der Waals surface area contributed by atoms with Crippen LogP contribution in [0.15, 0.2) is 24.3 Å². The number of nitrogens with zero attached hydrogens (tertiary/aromatic N) is 6. The summed E-state index contributed by atoms with van der Waals surface area (Å²) in [4.78, 5) is 18.1. The number of ether oxygens (including phenoxy) is 1. The predicted molar refractivity (Wildman–Crippen MR) is 101 cm³/mol. The molecule has 1 amide bonds. The molecule has 1 aromatic carbocycles. The largest absolute Gasteiger partial charge is 0.378 e. The Bertz CT molecular complexity index is 746. The van der Waals surface area contributed by atoms with Gasteiger partial charge in [-0.1, -0.05) is 12.8 Å². The third-order valence-corrected chi connectivity index (χ3v) is 5.19. The number of morpholine rings is 1. The highest BCUT2D eigenvalue weighted by molar-refractivity contribution is 5.75. The quantitative estimate of drug-likeness (QED) is 0.813. The van der Waals surface area contributed by atoms with Gasteiger partial charge in [0.15, 0.2) is 0 Å². The Morgan fingerprint density at radius 2 is 1.67 bits per heavy atom. The second kappa shape index (κ2) is 8.47. The van der Waals surface area contributed by atoms with Crippen molar-refractivity contribution in [1.82, 2.24) is 25.1 Å². The number of anilines is 1. The maximum absolute atomic E-state index is 12.5. The Hall–Kier alpha value is -2.48. The summed E-state index contributed by atoms with van der Waals surface area (Å²) in [5.41, 5.74) is 2.08. The SMILES string of the molecule is O=C(Cn1nnc(-c2ccc(N3CCOCC3)cc2)n1)N1CCCCCC1. The molecule has 2 aliphatic rings. The number of hydrogen-bond acceptors (Lipinski definition) is 6. The summed E-state index contributed by atoms with van der Waals surface area (Å²) in [7, 11) is 0. The van der Waals surface area contributed by atoms with Crippen LogP contribution in [0.25, 0.3) is 11.4 Å². The second-order valence-electron chi connectivity index (χ2n) is 7.08. The van der Waals surface area contributed by atoms with Crippen molar-refractivity contribution in [2.45, 2.75) is 32.2 Å². The van der Waals surface area contributed by atoms with Crippen LogP contribution in [-0.2, 0) is 16.1 Å². The molecule has 2 saturated heterocycles. The molecular weight excluding hydrogens is 344 g/mol. The third-order valence-electron chi connectivity index (χ3n) is 5.19. The van der Waals surface area contributed by atoms with Gasteiger partial charge in [-0.15, -0.1) is 10.2 Å². The van der Waals surface area contributed by atoms with E-state index in [0.29, 0.717) is 5.82 Å². The predicted octanol–water partition coefficient (Wildman–Crippen LogP) is 1.58. The average molecular weight is 370 g/mol. The summed E-state index contributed by atoms with van der Waals surface area (Å²) in [6.07, 6.45) is 4.57. The van der Waals surface area contributed by atoms with Crippen molar-refractivity contribution in [3.05, 3.63) is 24.3 Å². The Morgan fingerprint density at radius 1 is 0.963 bits per heavy atom. The molecule has 27 heavy (non-hydrogen) atoms. The Labute approximate surface area is 159 Å². The smallest absolute Gasteiger partial charge is 0.246 e. The van der Waals surface area contributed by atoms with Gasteiger partial charge in [0, 0.05) is 37.4 Å². The van der Waals surface area contributed by atoms with Crippen LogP contribution in [0.2, 0.25) is 0 Å². The van der Waals surface area contributed by atoms with Crippen LogP contribution >= 0.6 is 0 Å². The molecule has 144 valence electrons. The first-order valence-electron chi connectivity index (χ1n) is 9.78. The number of tetrazole rings is 1. The lowest BCUT2D eigenvalue weighted by atomic mass is 10.2. The first-order chi connectivity index (χ1) is 13.3. The van der Waals surface area contributed by atoms with E-state index >= 15 is 0 Å². The van der Waals surface area contributed by atoms with Crippen molar-refractivity contribution in [3.63, 3.8) is 0 Å². The first-order valence-corrected chi connectivity index (χ1v) is 9.78. The summed E-state index contributed by atoms with van der Waals surface area (Å²) in [5, 5.41) is 12.6. The number of carbonyl (C=O) groups excluding carboxylic acids is 1. The molecule has 0 unspecified atom stereocenters. The number of carbonyl (C=O) groups is 1. The van der Waals surface area contributed by atoms with Crippen molar-refractivity contribution in [2.75, 3.05) is 44.3 Å². The fourth-order valence-electron chi connectivity index (χ4n) is 3.61. The molecule has 0 spiro atoms. The van der Waals surface area contributed by atoms with E-state index in [2.05, 4.69) is 32.4 Å². The Kier molecular flexibility index (Phi) is 5.62. The van der Waals surface area contributed by atoms with Gasteiger partial charge in [-0.05, 0) is 42.3 Å². The van der Waals surface area contributed by atoms with E-state index in [1.54, 1.807) is 0 Å². The summed E-state index contributed by atoms with van der Waals surface area (Å²) in [5.74, 6) is 0.621. The Morgan fingerprint density at radius 3 is 2.37 bits per heavy atom. The molecular formula is C19H26N6O2. The molecule has 4 rings (SSSR count). The van der Waals surface area contributed by atoms with Gasteiger partial charge in [0.1, 0.15) is 6.54 Å². The minimum absolute atomic E-state index is 0.0727. The molecule has 8 nitrogen and oxygen atoms in total. The number of likely N-dealkylation sites (tertiary alicyclic amines) is 1. The number of hydrogen-bond donors (Lipinski definition) is 0. The van der Waals surface area contributed by atoms with Crippen LogP contribution in [0, 0.1) is 0 Å². The van der Waals surface area contributed by atoms with Gasteiger partial charge < -0.3 is 14.5 Å². The standard InChI is InChI=1S/C19H26N6O2/c26-18(24-9-3-1-2-4-10-24)15-25-21-19(20-22-25)16-5-7-17(8-6-16)23-11-13-27-14-12-23/h5-8H,1-4,9-15H2. The molecule has 1 aromatic heterocycles. The number of rotatable bonds is 4. The normalized spacial score (nSPS) is 18.4. The van der Waals surface area contributed by atoms with E-state index in [1.165, 1.54) is 23.3 Å². The maximum atomic E-state index is 12.5. The summed E-state index contributed by atoms with van der Waals surface area (Å²) in [6.45, 7) is 5.18. The molecule has 8 heteroatoms. The topological polar surface area (TPSA) is 76.4 Å². The molecule has 0 aliphatic carbocycles. The molecule has 2 aliphatic heterocycles. The molecule has 0 N–H and O–H groups in total. The van der Waals surface area contributed by atoms with Crippen LogP contribution in [-0.4, -0.2) is 70.4 Å². The van der Waals surface area contributed by atoms with E-state index in [0.717, 1.165) is 57.8 Å². The Balaban J connectivity index is 1.39. The molecule has 2 aromatic rings. The van der Waals surface area contributed by atoms with Crippen molar-refractivity contribution in [3.8, 4) is 11.4 Å². The van der Waals surface area contributed by atoms with Crippen LogP contribution in [0.1, 0.15) is 25.7 Å². The zero-order chi connectivity index (χ0) is 18.5. The van der Waals surface area contributed by atoms with Crippen molar-refractivity contribution >= 4 is 11.6 Å². The summed E-state index contributed by atoms with van der Waals surface area (Å²) >= 11 is 0. The minimum Gasteiger partial charge on any atom is -0.378 e. The van der Waals surface area contributed by atoms with Gasteiger partial charge in [0.05, 0.1) is 13.2 Å². The fraction of sp³-hybridized carbons (Fsp3) is 0.579. The maximum Gasteiger partial charge on any atom is 0.246 e. The minimum atomic E-state index is 0.0727. The third kappa shape index (κ3) is 4.44. The van der Waals surface area contributed by atoms with Gasteiger partial charge >= 0.3 is 0 Å². The first kappa shape index (κ1) is 17.9. The summed E-state index contributed by atoms with van der Waals surface area (Å²) in [6, 6.07) is 8.15. The lowest BCUT2D eigenvalue weighted by Gasteiger charge is -2.28. The zero-order valence-electron chi connectivity index (χ0n) is 15.6. The number of amides is 1. The van der Waals surface area contributed by atoms with E-state index < -0.39 is 0 Å². The van der Waals surface area contributed by atoms with E-state index in [9.17, 15) is 4.79 Å². The van der Waals surface area contributed by atoms with Crippen molar-refractivity contribution in [2.24, 2.45) is 0 Å². The van der Waals surface area contributed by atoms with Gasteiger partial charge in [-0.25, -0.2) is 0 Å². The molecule has 0 atom stereocenters. The molecule has 0 saturated carbocycles. The van der Waals surface area contributed by atoms with E-state index in [-0.39, 0.29) is 12.5 Å². The number of aromatic nitrogens is 4. The highest BCUT2D eigenvalue weighted by Crippen LogP contribution is 2.21. The number of benzene rings is 1. The van der Waals surface area contributed by atoms with Crippen LogP contribution in [0.3, 0.4) is 0 Å². The highest BCUT2D eigenvalue weighted by atomic mass is 16.5. The van der Waals surface area contributed by atoms with Crippen LogP contribution < -0.4 is 4.90 Å². The second-order valence-corrected chi connectivity index (χ2v) is 7.08. The monoisotopic (exact) mass is 370 g/mol. The van der Waals surface area contributed by atoms with Crippen molar-refractivity contribution < 1.29 is 9.53 Å². The van der Waals surface area contributed by atoms with Crippen LogP contribution in [0.5, 0.6) is 0 Å². The molecule has 0 radical (unpaired) electrons. The van der Waals surface area contributed by atoms with Gasteiger partial charge in [-0.2, -0.15) is 4.80 Å².